The Morgan fingerprint density at radius 1 is 1.00 bits per heavy atom. The summed E-state index contributed by atoms with van der Waals surface area (Å²) in [4.78, 5) is 19.5. The van der Waals surface area contributed by atoms with Crippen LogP contribution in [0.25, 0.3) is 0 Å². The largest absolute Gasteiger partial charge is 0.494 e. The van der Waals surface area contributed by atoms with Crippen molar-refractivity contribution in [1.29, 1.82) is 0 Å². The molecule has 40 heavy (non-hydrogen) atoms. The first-order chi connectivity index (χ1) is 19.5. The molecular formula is C32H35BrN2O5. The van der Waals surface area contributed by atoms with Crippen molar-refractivity contribution >= 4 is 27.7 Å². The first kappa shape index (κ1) is 28.3. The van der Waals surface area contributed by atoms with Crippen LogP contribution < -0.4 is 10.1 Å². The summed E-state index contributed by atoms with van der Waals surface area (Å²) >= 11 is 3.69. The summed E-state index contributed by atoms with van der Waals surface area (Å²) in [5, 5.41) is 22.3. The molecule has 0 aromatic heterocycles. The number of rotatable bonds is 10. The molecule has 1 heterocycles. The SMILES string of the molecule is O=C(NC1CCC(O)CC1)[C@]1(Cc2ccccc2)N=C(c2ccc(OCCCO)cc2)O[C@@H]1c1ccccc1Br. The fourth-order valence-corrected chi connectivity index (χ4v) is 5.88. The Bertz CT molecular complexity index is 1310. The zero-order valence-corrected chi connectivity index (χ0v) is 23.9. The average Bonchev–Trinajstić information content (AvgIpc) is 3.35. The molecule has 5 rings (SSSR count). The maximum absolute atomic E-state index is 14.4. The van der Waals surface area contributed by atoms with E-state index < -0.39 is 11.6 Å². The van der Waals surface area contributed by atoms with Crippen LogP contribution in [0.1, 0.15) is 54.9 Å². The molecule has 8 heteroatoms. The van der Waals surface area contributed by atoms with E-state index in [2.05, 4.69) is 21.2 Å². The molecule has 1 amide bonds. The Labute approximate surface area is 243 Å². The maximum Gasteiger partial charge on any atom is 0.252 e. The third-order valence-electron chi connectivity index (χ3n) is 7.57. The van der Waals surface area contributed by atoms with E-state index in [0.29, 0.717) is 43.9 Å². The van der Waals surface area contributed by atoms with E-state index >= 15 is 0 Å². The van der Waals surface area contributed by atoms with Gasteiger partial charge in [-0.15, -0.1) is 0 Å². The minimum Gasteiger partial charge on any atom is -0.494 e. The molecule has 7 nitrogen and oxygen atoms in total. The van der Waals surface area contributed by atoms with Crippen LogP contribution in [0.5, 0.6) is 5.75 Å². The van der Waals surface area contributed by atoms with Gasteiger partial charge < -0.3 is 25.0 Å². The number of ether oxygens (including phenoxy) is 2. The van der Waals surface area contributed by atoms with Crippen molar-refractivity contribution in [3.8, 4) is 5.75 Å². The van der Waals surface area contributed by atoms with Crippen LogP contribution in [0.15, 0.2) is 88.3 Å². The Morgan fingerprint density at radius 3 is 2.40 bits per heavy atom. The van der Waals surface area contributed by atoms with Crippen LogP contribution in [-0.2, 0) is 16.0 Å². The summed E-state index contributed by atoms with van der Waals surface area (Å²) in [6, 6.07) is 25.1. The first-order valence-corrected chi connectivity index (χ1v) is 14.7. The monoisotopic (exact) mass is 606 g/mol. The van der Waals surface area contributed by atoms with Gasteiger partial charge in [-0.05, 0) is 61.6 Å². The van der Waals surface area contributed by atoms with Gasteiger partial charge in [-0.2, -0.15) is 0 Å². The summed E-state index contributed by atoms with van der Waals surface area (Å²) < 4.78 is 13.1. The van der Waals surface area contributed by atoms with Crippen LogP contribution >= 0.6 is 15.9 Å². The molecule has 210 valence electrons. The van der Waals surface area contributed by atoms with Crippen molar-refractivity contribution in [2.45, 2.75) is 62.3 Å². The van der Waals surface area contributed by atoms with E-state index in [1.165, 1.54) is 0 Å². The maximum atomic E-state index is 14.4. The van der Waals surface area contributed by atoms with E-state index in [1.54, 1.807) is 0 Å². The molecule has 1 fully saturated rings. The Morgan fingerprint density at radius 2 is 1.70 bits per heavy atom. The van der Waals surface area contributed by atoms with Gasteiger partial charge in [-0.1, -0.05) is 64.5 Å². The number of amides is 1. The molecule has 3 aromatic rings. The van der Waals surface area contributed by atoms with Crippen LogP contribution in [0.2, 0.25) is 0 Å². The molecule has 1 aliphatic carbocycles. The highest BCUT2D eigenvalue weighted by Crippen LogP contribution is 2.44. The van der Waals surface area contributed by atoms with E-state index in [-0.39, 0.29) is 24.7 Å². The van der Waals surface area contributed by atoms with Gasteiger partial charge in [-0.3, -0.25) is 4.79 Å². The van der Waals surface area contributed by atoms with Crippen molar-refractivity contribution in [2.75, 3.05) is 13.2 Å². The zero-order valence-electron chi connectivity index (χ0n) is 22.3. The van der Waals surface area contributed by atoms with Gasteiger partial charge in [0.25, 0.3) is 5.91 Å². The summed E-state index contributed by atoms with van der Waals surface area (Å²) in [5.41, 5.74) is 1.31. The average molecular weight is 608 g/mol. The molecule has 0 saturated heterocycles. The minimum absolute atomic E-state index is 0.0296. The highest BCUT2D eigenvalue weighted by molar-refractivity contribution is 9.10. The van der Waals surface area contributed by atoms with Gasteiger partial charge in [-0.25, -0.2) is 4.99 Å². The predicted molar refractivity (Wildman–Crippen MR) is 157 cm³/mol. The second-order valence-electron chi connectivity index (χ2n) is 10.5. The number of aliphatic hydroxyl groups excluding tert-OH is 2. The number of hydrogen-bond acceptors (Lipinski definition) is 6. The van der Waals surface area contributed by atoms with Crippen molar-refractivity contribution in [2.24, 2.45) is 4.99 Å². The summed E-state index contributed by atoms with van der Waals surface area (Å²) in [5.74, 6) is 0.899. The molecule has 0 bridgehead atoms. The van der Waals surface area contributed by atoms with Crippen LogP contribution in [0, 0.1) is 0 Å². The van der Waals surface area contributed by atoms with Crippen molar-refractivity contribution in [3.05, 3.63) is 100 Å². The smallest absolute Gasteiger partial charge is 0.252 e. The Balaban J connectivity index is 1.54. The highest BCUT2D eigenvalue weighted by atomic mass is 79.9. The van der Waals surface area contributed by atoms with Crippen LogP contribution in [0.3, 0.4) is 0 Å². The normalized spacial score (nSPS) is 24.2. The molecule has 0 unspecified atom stereocenters. The van der Waals surface area contributed by atoms with Gasteiger partial charge >= 0.3 is 0 Å². The first-order valence-electron chi connectivity index (χ1n) is 13.9. The van der Waals surface area contributed by atoms with Gasteiger partial charge in [0.1, 0.15) is 5.75 Å². The lowest BCUT2D eigenvalue weighted by Gasteiger charge is -2.34. The van der Waals surface area contributed by atoms with E-state index in [0.717, 1.165) is 34.0 Å². The molecule has 2 aliphatic rings. The van der Waals surface area contributed by atoms with Gasteiger partial charge in [0.2, 0.25) is 5.90 Å². The van der Waals surface area contributed by atoms with Crippen molar-refractivity contribution < 1.29 is 24.5 Å². The molecular weight excluding hydrogens is 572 g/mol. The minimum atomic E-state index is -1.26. The van der Waals surface area contributed by atoms with Crippen LogP contribution in [0.4, 0.5) is 0 Å². The number of carbonyl (C=O) groups is 1. The quantitative estimate of drug-likeness (QED) is 0.278. The zero-order chi connectivity index (χ0) is 28.0. The number of hydrogen-bond donors (Lipinski definition) is 3. The number of nitrogens with one attached hydrogen (secondary N) is 1. The fraction of sp³-hybridized carbons (Fsp3) is 0.375. The van der Waals surface area contributed by atoms with E-state index in [9.17, 15) is 9.90 Å². The van der Waals surface area contributed by atoms with Crippen molar-refractivity contribution in [1.82, 2.24) is 5.32 Å². The number of carbonyl (C=O) groups excluding carboxylic acids is 1. The molecule has 3 aromatic carbocycles. The lowest BCUT2D eigenvalue weighted by atomic mass is 9.81. The summed E-state index contributed by atoms with van der Waals surface area (Å²) in [6.45, 7) is 0.502. The molecule has 0 spiro atoms. The molecule has 1 aliphatic heterocycles. The van der Waals surface area contributed by atoms with Gasteiger partial charge in [0.15, 0.2) is 11.6 Å². The predicted octanol–water partition coefficient (Wildman–Crippen LogP) is 5.13. The third kappa shape index (κ3) is 6.40. The fourth-order valence-electron chi connectivity index (χ4n) is 5.38. The van der Waals surface area contributed by atoms with E-state index in [1.807, 2.05) is 78.9 Å². The number of halogens is 1. The molecule has 3 N–H and O–H groups in total. The summed E-state index contributed by atoms with van der Waals surface area (Å²) in [7, 11) is 0. The van der Waals surface area contributed by atoms with Gasteiger partial charge in [0.05, 0.1) is 12.7 Å². The summed E-state index contributed by atoms with van der Waals surface area (Å²) in [6.07, 6.45) is 2.72. The lowest BCUT2D eigenvalue weighted by molar-refractivity contribution is -0.130. The highest BCUT2D eigenvalue weighted by Gasteiger charge is 2.54. The topological polar surface area (TPSA) is 100 Å². The van der Waals surface area contributed by atoms with E-state index in [4.69, 9.17) is 19.6 Å². The van der Waals surface area contributed by atoms with Crippen molar-refractivity contribution in [3.63, 3.8) is 0 Å². The standard InChI is InChI=1S/C32H35BrN2O5/c33-28-10-5-4-9-27(28)29-32(21-22-7-2-1-3-8-22,31(38)34-24-13-15-25(37)16-14-24)35-30(40-29)23-11-17-26(18-12-23)39-20-6-19-36/h1-5,7-12,17-18,24-25,29,36-37H,6,13-16,19-21H2,(H,34,38)/t24?,25?,29-,32-/m1/s1. The second kappa shape index (κ2) is 13.0. The number of nitrogens with zero attached hydrogens (tertiary/aromatic N) is 1. The second-order valence-corrected chi connectivity index (χ2v) is 11.3. The molecule has 2 atom stereocenters. The third-order valence-corrected chi connectivity index (χ3v) is 8.29. The number of aliphatic imine (C=N–C) groups is 1. The lowest BCUT2D eigenvalue weighted by Crippen LogP contribution is -2.53. The van der Waals surface area contributed by atoms with Gasteiger partial charge in [0, 0.05) is 41.1 Å². The van der Waals surface area contributed by atoms with Crippen LogP contribution in [-0.4, -0.2) is 52.9 Å². The molecule has 0 radical (unpaired) electrons. The molecule has 1 saturated carbocycles. The Hall–Kier alpha value is -3.20. The number of aliphatic hydroxyl groups is 2. The number of benzene rings is 3. The Kier molecular flexibility index (Phi) is 9.19.